The van der Waals surface area contributed by atoms with Crippen molar-refractivity contribution < 1.29 is 4.79 Å². The minimum absolute atomic E-state index is 0.0393. The number of amides is 1. The fourth-order valence-electron chi connectivity index (χ4n) is 1.71. The average molecular weight is 246 g/mol. The molecular weight excluding hydrogens is 224 g/mol. The lowest BCUT2D eigenvalue weighted by molar-refractivity contribution is -0.120. The maximum absolute atomic E-state index is 11.5. The van der Waals surface area contributed by atoms with Gasteiger partial charge in [-0.15, -0.1) is 6.58 Å². The molecule has 3 heteroatoms. The second-order valence-electron chi connectivity index (χ2n) is 4.41. The summed E-state index contributed by atoms with van der Waals surface area (Å²) >= 11 is 0. The second-order valence-corrected chi connectivity index (χ2v) is 4.41. The minimum atomic E-state index is 0.0393. The fourth-order valence-corrected chi connectivity index (χ4v) is 1.71. The third kappa shape index (κ3) is 6.21. The normalized spacial score (nSPS) is 11.8. The summed E-state index contributed by atoms with van der Waals surface area (Å²) in [5.41, 5.74) is 1.31. The Labute approximate surface area is 109 Å². The molecule has 1 amide bonds. The maximum Gasteiger partial charge on any atom is 0.234 e. The Bertz CT molecular complexity index is 362. The van der Waals surface area contributed by atoms with E-state index in [1.54, 1.807) is 6.08 Å². The Morgan fingerprint density at radius 3 is 2.78 bits per heavy atom. The van der Waals surface area contributed by atoms with Gasteiger partial charge in [-0.2, -0.15) is 0 Å². The Balaban J connectivity index is 2.19. The Morgan fingerprint density at radius 1 is 1.39 bits per heavy atom. The van der Waals surface area contributed by atoms with Crippen molar-refractivity contribution in [1.82, 2.24) is 10.6 Å². The van der Waals surface area contributed by atoms with E-state index in [0.717, 1.165) is 12.8 Å². The predicted molar refractivity (Wildman–Crippen MR) is 75.4 cm³/mol. The number of hydrogen-bond donors (Lipinski definition) is 2. The molecule has 0 aromatic heterocycles. The maximum atomic E-state index is 11.5. The summed E-state index contributed by atoms with van der Waals surface area (Å²) in [6.07, 6.45) is 3.69. The van der Waals surface area contributed by atoms with E-state index in [1.807, 2.05) is 25.1 Å². The standard InChI is InChI=1S/C15H22N2O/c1-3-11-16-12-15(18)17-13(2)9-10-14-7-5-4-6-8-14/h3-8,13,16H,1,9-12H2,2H3,(H,17,18)/t13-/m0/s1. The quantitative estimate of drug-likeness (QED) is 0.543. The molecule has 0 radical (unpaired) electrons. The van der Waals surface area contributed by atoms with Crippen LogP contribution in [0.5, 0.6) is 0 Å². The first-order chi connectivity index (χ1) is 8.72. The molecule has 0 fully saturated rings. The molecule has 1 aromatic carbocycles. The highest BCUT2D eigenvalue weighted by molar-refractivity contribution is 5.78. The molecular formula is C15H22N2O. The van der Waals surface area contributed by atoms with Crippen molar-refractivity contribution in [2.24, 2.45) is 0 Å². The van der Waals surface area contributed by atoms with Crippen LogP contribution in [-0.4, -0.2) is 25.0 Å². The monoisotopic (exact) mass is 246 g/mol. The number of rotatable bonds is 8. The minimum Gasteiger partial charge on any atom is -0.353 e. The number of carbonyl (C=O) groups excluding carboxylic acids is 1. The summed E-state index contributed by atoms with van der Waals surface area (Å²) in [6.45, 7) is 6.63. The molecule has 0 unspecified atom stereocenters. The summed E-state index contributed by atoms with van der Waals surface area (Å²) in [5, 5.41) is 5.96. The lowest BCUT2D eigenvalue weighted by Gasteiger charge is -2.14. The topological polar surface area (TPSA) is 41.1 Å². The Kier molecular flexibility index (Phi) is 6.81. The molecule has 98 valence electrons. The van der Waals surface area contributed by atoms with E-state index in [4.69, 9.17) is 0 Å². The molecule has 0 bridgehead atoms. The molecule has 0 saturated heterocycles. The summed E-state index contributed by atoms with van der Waals surface area (Å²) in [6, 6.07) is 10.5. The first-order valence-electron chi connectivity index (χ1n) is 6.37. The van der Waals surface area contributed by atoms with Crippen LogP contribution in [0.15, 0.2) is 43.0 Å². The van der Waals surface area contributed by atoms with Gasteiger partial charge in [0.2, 0.25) is 5.91 Å². The molecule has 0 heterocycles. The molecule has 18 heavy (non-hydrogen) atoms. The van der Waals surface area contributed by atoms with Gasteiger partial charge in [-0.1, -0.05) is 36.4 Å². The zero-order valence-corrected chi connectivity index (χ0v) is 11.0. The van der Waals surface area contributed by atoms with Gasteiger partial charge >= 0.3 is 0 Å². The van der Waals surface area contributed by atoms with E-state index < -0.39 is 0 Å². The van der Waals surface area contributed by atoms with Crippen LogP contribution in [0.1, 0.15) is 18.9 Å². The number of aryl methyl sites for hydroxylation is 1. The number of nitrogens with one attached hydrogen (secondary N) is 2. The van der Waals surface area contributed by atoms with Crippen molar-refractivity contribution in [3.63, 3.8) is 0 Å². The summed E-state index contributed by atoms with van der Waals surface area (Å²) in [5.74, 6) is 0.0393. The molecule has 0 saturated carbocycles. The Morgan fingerprint density at radius 2 is 2.11 bits per heavy atom. The van der Waals surface area contributed by atoms with Crippen LogP contribution in [0, 0.1) is 0 Å². The van der Waals surface area contributed by atoms with Crippen molar-refractivity contribution in [3.05, 3.63) is 48.6 Å². The van der Waals surface area contributed by atoms with Crippen LogP contribution in [0.4, 0.5) is 0 Å². The van der Waals surface area contributed by atoms with Crippen LogP contribution in [0.2, 0.25) is 0 Å². The molecule has 3 nitrogen and oxygen atoms in total. The third-order valence-electron chi connectivity index (χ3n) is 2.69. The molecule has 0 aliphatic carbocycles. The molecule has 0 aliphatic rings. The zero-order valence-electron chi connectivity index (χ0n) is 11.0. The van der Waals surface area contributed by atoms with Gasteiger partial charge in [-0.3, -0.25) is 4.79 Å². The molecule has 0 spiro atoms. The lowest BCUT2D eigenvalue weighted by Crippen LogP contribution is -2.39. The highest BCUT2D eigenvalue weighted by atomic mass is 16.1. The van der Waals surface area contributed by atoms with Gasteiger partial charge in [0.15, 0.2) is 0 Å². The van der Waals surface area contributed by atoms with Crippen LogP contribution < -0.4 is 10.6 Å². The fraction of sp³-hybridized carbons (Fsp3) is 0.400. The van der Waals surface area contributed by atoms with Crippen LogP contribution >= 0.6 is 0 Å². The molecule has 2 N–H and O–H groups in total. The Hall–Kier alpha value is -1.61. The van der Waals surface area contributed by atoms with E-state index in [2.05, 4.69) is 29.3 Å². The van der Waals surface area contributed by atoms with E-state index in [-0.39, 0.29) is 11.9 Å². The summed E-state index contributed by atoms with van der Waals surface area (Å²) in [7, 11) is 0. The SMILES string of the molecule is C=CCNCC(=O)N[C@@H](C)CCc1ccccc1. The highest BCUT2D eigenvalue weighted by Gasteiger charge is 2.06. The number of benzene rings is 1. The highest BCUT2D eigenvalue weighted by Crippen LogP contribution is 2.04. The van der Waals surface area contributed by atoms with E-state index in [9.17, 15) is 4.79 Å². The van der Waals surface area contributed by atoms with Crippen molar-refractivity contribution in [2.45, 2.75) is 25.8 Å². The average Bonchev–Trinajstić information content (AvgIpc) is 2.38. The van der Waals surface area contributed by atoms with Gasteiger partial charge in [-0.05, 0) is 25.3 Å². The van der Waals surface area contributed by atoms with Gasteiger partial charge in [0.25, 0.3) is 0 Å². The summed E-state index contributed by atoms with van der Waals surface area (Å²) in [4.78, 5) is 11.5. The van der Waals surface area contributed by atoms with Crippen molar-refractivity contribution >= 4 is 5.91 Å². The van der Waals surface area contributed by atoms with E-state index in [0.29, 0.717) is 13.1 Å². The van der Waals surface area contributed by atoms with Crippen LogP contribution in [0.3, 0.4) is 0 Å². The first kappa shape index (κ1) is 14.5. The van der Waals surface area contributed by atoms with Gasteiger partial charge in [0.05, 0.1) is 6.54 Å². The molecule has 0 aliphatic heterocycles. The van der Waals surface area contributed by atoms with Gasteiger partial charge in [0.1, 0.15) is 0 Å². The molecule has 1 atom stereocenters. The largest absolute Gasteiger partial charge is 0.353 e. The second kappa shape index (κ2) is 8.48. The smallest absolute Gasteiger partial charge is 0.234 e. The summed E-state index contributed by atoms with van der Waals surface area (Å²) < 4.78 is 0. The van der Waals surface area contributed by atoms with Crippen LogP contribution in [0.25, 0.3) is 0 Å². The van der Waals surface area contributed by atoms with E-state index in [1.165, 1.54) is 5.56 Å². The van der Waals surface area contributed by atoms with Crippen molar-refractivity contribution in [3.8, 4) is 0 Å². The van der Waals surface area contributed by atoms with Crippen molar-refractivity contribution in [2.75, 3.05) is 13.1 Å². The van der Waals surface area contributed by atoms with Gasteiger partial charge < -0.3 is 10.6 Å². The van der Waals surface area contributed by atoms with E-state index >= 15 is 0 Å². The first-order valence-corrected chi connectivity index (χ1v) is 6.37. The molecule has 1 rings (SSSR count). The number of carbonyl (C=O) groups is 1. The lowest BCUT2D eigenvalue weighted by atomic mass is 10.1. The van der Waals surface area contributed by atoms with Gasteiger partial charge in [0, 0.05) is 12.6 Å². The zero-order chi connectivity index (χ0) is 13.2. The predicted octanol–water partition coefficient (Wildman–Crippen LogP) is 1.90. The molecule has 1 aromatic rings. The van der Waals surface area contributed by atoms with Crippen molar-refractivity contribution in [1.29, 1.82) is 0 Å². The van der Waals surface area contributed by atoms with Crippen LogP contribution in [-0.2, 0) is 11.2 Å². The number of hydrogen-bond acceptors (Lipinski definition) is 2. The third-order valence-corrected chi connectivity index (χ3v) is 2.69. The van der Waals surface area contributed by atoms with Gasteiger partial charge in [-0.25, -0.2) is 0 Å².